The minimum absolute atomic E-state index is 0.444. The highest BCUT2D eigenvalue weighted by molar-refractivity contribution is 9.10. The second-order valence-corrected chi connectivity index (χ2v) is 4.79. The van der Waals surface area contributed by atoms with E-state index in [1.165, 1.54) is 7.11 Å². The zero-order valence-corrected chi connectivity index (χ0v) is 12.8. The van der Waals surface area contributed by atoms with E-state index in [2.05, 4.69) is 20.7 Å². The third kappa shape index (κ3) is 4.11. The van der Waals surface area contributed by atoms with Crippen LogP contribution in [-0.2, 0) is 16.0 Å². The van der Waals surface area contributed by atoms with E-state index in [-0.39, 0.29) is 0 Å². The van der Waals surface area contributed by atoms with Gasteiger partial charge in [-0.2, -0.15) is 0 Å². The van der Waals surface area contributed by atoms with Gasteiger partial charge in [0.15, 0.2) is 17.6 Å². The average molecular weight is 332 g/mol. The van der Waals surface area contributed by atoms with Crippen LogP contribution in [0.5, 0.6) is 11.5 Å². The van der Waals surface area contributed by atoms with Crippen molar-refractivity contribution < 1.29 is 19.0 Å². The van der Waals surface area contributed by atoms with Crippen molar-refractivity contribution in [2.24, 2.45) is 5.73 Å². The number of carbonyl (C=O) groups is 1. The minimum Gasteiger partial charge on any atom is -0.493 e. The Morgan fingerprint density at radius 2 is 2.11 bits per heavy atom. The molecule has 0 bridgehead atoms. The molecule has 0 fully saturated rings. The summed E-state index contributed by atoms with van der Waals surface area (Å²) in [6, 6.07) is 3.74. The lowest BCUT2D eigenvalue weighted by atomic mass is 10.1. The molecule has 0 aliphatic heterocycles. The third-order valence-electron chi connectivity index (χ3n) is 2.55. The molecule has 0 spiro atoms. The number of esters is 1. The maximum Gasteiger partial charge on any atom is 0.346 e. The Bertz CT molecular complexity index is 451. The van der Waals surface area contributed by atoms with Gasteiger partial charge in [-0.05, 0) is 53.5 Å². The number of methoxy groups -OCH3 is 2. The van der Waals surface area contributed by atoms with Crippen molar-refractivity contribution in [3.05, 3.63) is 22.2 Å². The van der Waals surface area contributed by atoms with E-state index in [1.54, 1.807) is 14.0 Å². The molecule has 1 aromatic rings. The van der Waals surface area contributed by atoms with Crippen LogP contribution in [0.25, 0.3) is 0 Å². The predicted molar refractivity (Wildman–Crippen MR) is 75.6 cm³/mol. The SMILES string of the molecule is COC(=O)C(C)Oc1c(Br)cc(CCN)cc1OC. The molecule has 0 heterocycles. The summed E-state index contributed by atoms with van der Waals surface area (Å²) in [4.78, 5) is 11.4. The zero-order chi connectivity index (χ0) is 14.4. The lowest BCUT2D eigenvalue weighted by molar-refractivity contribution is -0.147. The van der Waals surface area contributed by atoms with E-state index >= 15 is 0 Å². The Hall–Kier alpha value is -1.27. The van der Waals surface area contributed by atoms with E-state index in [1.807, 2.05) is 12.1 Å². The van der Waals surface area contributed by atoms with Gasteiger partial charge in [0.25, 0.3) is 0 Å². The quantitative estimate of drug-likeness (QED) is 0.806. The molecule has 0 radical (unpaired) electrons. The molecule has 6 heteroatoms. The topological polar surface area (TPSA) is 70.8 Å². The van der Waals surface area contributed by atoms with E-state index < -0.39 is 12.1 Å². The molecule has 1 rings (SSSR count). The van der Waals surface area contributed by atoms with Crippen LogP contribution in [-0.4, -0.2) is 32.8 Å². The summed E-state index contributed by atoms with van der Waals surface area (Å²) in [5.74, 6) is 0.578. The monoisotopic (exact) mass is 331 g/mol. The number of nitrogens with two attached hydrogens (primary N) is 1. The molecule has 1 unspecified atom stereocenters. The van der Waals surface area contributed by atoms with Crippen molar-refractivity contribution in [2.75, 3.05) is 20.8 Å². The van der Waals surface area contributed by atoms with Gasteiger partial charge in [0.2, 0.25) is 0 Å². The molecule has 5 nitrogen and oxygen atoms in total. The van der Waals surface area contributed by atoms with E-state index in [0.29, 0.717) is 22.5 Å². The maximum atomic E-state index is 11.4. The van der Waals surface area contributed by atoms with Crippen molar-refractivity contribution >= 4 is 21.9 Å². The van der Waals surface area contributed by atoms with Crippen LogP contribution in [0, 0.1) is 0 Å². The third-order valence-corrected chi connectivity index (χ3v) is 3.14. The first-order valence-corrected chi connectivity index (χ1v) is 6.63. The number of benzene rings is 1. The molecule has 0 aliphatic carbocycles. The Morgan fingerprint density at radius 1 is 1.42 bits per heavy atom. The van der Waals surface area contributed by atoms with Gasteiger partial charge in [0.05, 0.1) is 18.7 Å². The smallest absolute Gasteiger partial charge is 0.346 e. The molecule has 0 saturated carbocycles. The zero-order valence-electron chi connectivity index (χ0n) is 11.2. The lowest BCUT2D eigenvalue weighted by Crippen LogP contribution is -2.25. The van der Waals surface area contributed by atoms with Crippen LogP contribution in [0.15, 0.2) is 16.6 Å². The van der Waals surface area contributed by atoms with Crippen molar-refractivity contribution in [3.63, 3.8) is 0 Å². The van der Waals surface area contributed by atoms with Crippen LogP contribution in [0.3, 0.4) is 0 Å². The lowest BCUT2D eigenvalue weighted by Gasteiger charge is -2.17. The number of carbonyl (C=O) groups excluding carboxylic acids is 1. The van der Waals surface area contributed by atoms with Crippen LogP contribution in [0.1, 0.15) is 12.5 Å². The molecule has 0 aliphatic rings. The molecule has 1 aromatic carbocycles. The highest BCUT2D eigenvalue weighted by Crippen LogP contribution is 2.37. The summed E-state index contributed by atoms with van der Waals surface area (Å²) in [6.45, 7) is 2.17. The Morgan fingerprint density at radius 3 is 2.63 bits per heavy atom. The van der Waals surface area contributed by atoms with Crippen molar-refractivity contribution in [1.29, 1.82) is 0 Å². The van der Waals surface area contributed by atoms with Gasteiger partial charge in [-0.25, -0.2) is 4.79 Å². The number of hydrogen-bond acceptors (Lipinski definition) is 5. The highest BCUT2D eigenvalue weighted by Gasteiger charge is 2.19. The first-order valence-electron chi connectivity index (χ1n) is 5.84. The van der Waals surface area contributed by atoms with E-state index in [0.717, 1.165) is 12.0 Å². The molecule has 0 amide bonds. The summed E-state index contributed by atoms with van der Waals surface area (Å²) in [6.07, 6.45) is 0.0254. The molecule has 1 atom stereocenters. The van der Waals surface area contributed by atoms with Gasteiger partial charge in [-0.1, -0.05) is 0 Å². The molecule has 0 aromatic heterocycles. The fourth-order valence-corrected chi connectivity index (χ4v) is 2.17. The largest absolute Gasteiger partial charge is 0.493 e. The van der Waals surface area contributed by atoms with E-state index in [4.69, 9.17) is 15.2 Å². The van der Waals surface area contributed by atoms with Gasteiger partial charge in [0, 0.05) is 0 Å². The number of halogens is 1. The molecule has 0 saturated heterocycles. The van der Waals surface area contributed by atoms with Crippen molar-refractivity contribution in [3.8, 4) is 11.5 Å². The number of hydrogen-bond donors (Lipinski definition) is 1. The summed E-state index contributed by atoms with van der Waals surface area (Å²) in [5.41, 5.74) is 6.56. The minimum atomic E-state index is -0.712. The van der Waals surface area contributed by atoms with Gasteiger partial charge in [-0.15, -0.1) is 0 Å². The highest BCUT2D eigenvalue weighted by atomic mass is 79.9. The van der Waals surface area contributed by atoms with Crippen LogP contribution < -0.4 is 15.2 Å². The summed E-state index contributed by atoms with van der Waals surface area (Å²) >= 11 is 3.41. The Labute approximate surface area is 121 Å². The molecular formula is C13H18BrNO4. The fraction of sp³-hybridized carbons (Fsp3) is 0.462. The van der Waals surface area contributed by atoms with Gasteiger partial charge >= 0.3 is 5.97 Å². The molecule has 106 valence electrons. The predicted octanol–water partition coefficient (Wildman–Crippen LogP) is 1.90. The van der Waals surface area contributed by atoms with Gasteiger partial charge < -0.3 is 19.9 Å². The normalized spacial score (nSPS) is 11.8. The maximum absolute atomic E-state index is 11.4. The van der Waals surface area contributed by atoms with Crippen LogP contribution >= 0.6 is 15.9 Å². The number of ether oxygens (including phenoxy) is 3. The first-order chi connectivity index (χ1) is 9.03. The summed E-state index contributed by atoms with van der Waals surface area (Å²) in [7, 11) is 2.86. The van der Waals surface area contributed by atoms with Crippen molar-refractivity contribution in [2.45, 2.75) is 19.4 Å². The fourth-order valence-electron chi connectivity index (χ4n) is 1.59. The first kappa shape index (κ1) is 15.8. The van der Waals surface area contributed by atoms with E-state index in [9.17, 15) is 4.79 Å². The van der Waals surface area contributed by atoms with Gasteiger partial charge in [0.1, 0.15) is 0 Å². The molecule has 19 heavy (non-hydrogen) atoms. The summed E-state index contributed by atoms with van der Waals surface area (Å²) < 4.78 is 16.2. The molecular weight excluding hydrogens is 314 g/mol. The standard InChI is InChI=1S/C13H18BrNO4/c1-8(13(16)18-3)19-12-10(14)6-9(4-5-15)7-11(12)17-2/h6-8H,4-5,15H2,1-3H3. The van der Waals surface area contributed by atoms with Crippen LogP contribution in [0.2, 0.25) is 0 Å². The molecule has 2 N–H and O–H groups in total. The average Bonchev–Trinajstić information content (AvgIpc) is 2.40. The van der Waals surface area contributed by atoms with Gasteiger partial charge in [-0.3, -0.25) is 0 Å². The Kier molecular flexibility index (Phi) is 6.11. The summed E-state index contributed by atoms with van der Waals surface area (Å²) in [5, 5.41) is 0. The second-order valence-electron chi connectivity index (χ2n) is 3.93. The van der Waals surface area contributed by atoms with Crippen molar-refractivity contribution in [1.82, 2.24) is 0 Å². The Balaban J connectivity index is 3.02. The second kappa shape index (κ2) is 7.35. The number of rotatable bonds is 6. The van der Waals surface area contributed by atoms with Crippen LogP contribution in [0.4, 0.5) is 0 Å².